The van der Waals surface area contributed by atoms with Gasteiger partial charge >= 0.3 is 0 Å². The molecule has 0 unspecified atom stereocenters. The molecule has 0 spiro atoms. The average Bonchev–Trinajstić information content (AvgIpc) is 3.22. The van der Waals surface area contributed by atoms with Crippen LogP contribution < -0.4 is 4.72 Å². The molecule has 2 aromatic carbocycles. The van der Waals surface area contributed by atoms with Gasteiger partial charge < -0.3 is 9.42 Å². The van der Waals surface area contributed by atoms with Crippen molar-refractivity contribution < 1.29 is 17.7 Å². The van der Waals surface area contributed by atoms with Crippen molar-refractivity contribution in [3.05, 3.63) is 71.5 Å². The second-order valence-electron chi connectivity index (χ2n) is 7.88. The van der Waals surface area contributed by atoms with Crippen molar-refractivity contribution >= 4 is 15.9 Å². The summed E-state index contributed by atoms with van der Waals surface area (Å²) >= 11 is 0. The first kappa shape index (κ1) is 23.7. The Morgan fingerprint density at radius 1 is 1.09 bits per heavy atom. The minimum Gasteiger partial charge on any atom is -0.361 e. The van der Waals surface area contributed by atoms with Gasteiger partial charge in [0.2, 0.25) is 15.9 Å². The third-order valence-electron chi connectivity index (χ3n) is 5.22. The normalized spacial score (nSPS) is 11.5. The zero-order valence-corrected chi connectivity index (χ0v) is 19.5. The van der Waals surface area contributed by atoms with Crippen molar-refractivity contribution in [2.45, 2.75) is 38.0 Å². The van der Waals surface area contributed by atoms with Gasteiger partial charge in [0.05, 0.1) is 4.90 Å². The summed E-state index contributed by atoms with van der Waals surface area (Å²) in [7, 11) is -1.92. The highest BCUT2D eigenvalue weighted by Gasteiger charge is 2.17. The van der Waals surface area contributed by atoms with Gasteiger partial charge in [-0.1, -0.05) is 53.2 Å². The number of aromatic nitrogens is 1. The predicted molar refractivity (Wildman–Crippen MR) is 124 cm³/mol. The van der Waals surface area contributed by atoms with Crippen LogP contribution in [-0.2, 0) is 21.2 Å². The van der Waals surface area contributed by atoms with Gasteiger partial charge in [0, 0.05) is 44.6 Å². The predicted octanol–water partition coefficient (Wildman–Crippen LogP) is 3.72. The zero-order valence-electron chi connectivity index (χ0n) is 18.7. The van der Waals surface area contributed by atoms with E-state index < -0.39 is 10.0 Å². The number of carbonyl (C=O) groups is 1. The lowest BCUT2D eigenvalue weighted by atomic mass is 10.1. The molecular formula is C24H29N3O4S. The molecule has 8 heteroatoms. The van der Waals surface area contributed by atoms with Crippen molar-refractivity contribution in [2.24, 2.45) is 0 Å². The molecule has 7 nitrogen and oxygen atoms in total. The van der Waals surface area contributed by atoms with Crippen molar-refractivity contribution in [1.82, 2.24) is 14.8 Å². The van der Waals surface area contributed by atoms with Crippen LogP contribution in [0, 0.1) is 13.8 Å². The van der Waals surface area contributed by atoms with E-state index in [1.165, 1.54) is 0 Å². The van der Waals surface area contributed by atoms with Crippen molar-refractivity contribution in [1.29, 1.82) is 0 Å². The molecule has 3 rings (SSSR count). The van der Waals surface area contributed by atoms with E-state index in [2.05, 4.69) is 9.88 Å². The van der Waals surface area contributed by atoms with Crippen LogP contribution in [0.3, 0.4) is 0 Å². The van der Waals surface area contributed by atoms with Crippen LogP contribution in [0.15, 0.2) is 64.0 Å². The first-order valence-corrected chi connectivity index (χ1v) is 12.1. The summed E-state index contributed by atoms with van der Waals surface area (Å²) in [5.74, 6) is 0.654. The molecule has 0 radical (unpaired) electrons. The number of aryl methyl sites for hydroxylation is 3. The van der Waals surface area contributed by atoms with E-state index in [1.54, 1.807) is 31.0 Å². The second kappa shape index (κ2) is 10.6. The number of nitrogens with one attached hydrogen (secondary N) is 1. The lowest BCUT2D eigenvalue weighted by Crippen LogP contribution is -2.33. The molecule has 1 amide bonds. The second-order valence-corrected chi connectivity index (χ2v) is 9.62. The monoisotopic (exact) mass is 455 g/mol. The fraction of sp³-hybridized carbons (Fsp3) is 0.333. The zero-order chi connectivity index (χ0) is 23.1. The maximum Gasteiger partial charge on any atom is 0.240 e. The Morgan fingerprint density at radius 2 is 1.84 bits per heavy atom. The van der Waals surface area contributed by atoms with Crippen molar-refractivity contribution in [2.75, 3.05) is 20.1 Å². The summed E-state index contributed by atoms with van der Waals surface area (Å²) in [5, 5.41) is 4.10. The molecule has 0 saturated heterocycles. The van der Waals surface area contributed by atoms with E-state index in [-0.39, 0.29) is 23.8 Å². The van der Waals surface area contributed by atoms with Crippen molar-refractivity contribution in [3.63, 3.8) is 0 Å². The Morgan fingerprint density at radius 3 is 2.56 bits per heavy atom. The Labute approximate surface area is 189 Å². The van der Waals surface area contributed by atoms with E-state index in [9.17, 15) is 13.2 Å². The molecule has 3 aromatic rings. The maximum absolute atomic E-state index is 12.5. The number of carbonyl (C=O) groups excluding carboxylic acids is 1. The minimum absolute atomic E-state index is 0.0569. The summed E-state index contributed by atoms with van der Waals surface area (Å²) in [6, 6.07) is 16.9. The van der Waals surface area contributed by atoms with Gasteiger partial charge in [-0.25, -0.2) is 13.1 Å². The van der Waals surface area contributed by atoms with Gasteiger partial charge in [-0.2, -0.15) is 0 Å². The summed E-state index contributed by atoms with van der Waals surface area (Å²) < 4.78 is 32.9. The van der Waals surface area contributed by atoms with Crippen molar-refractivity contribution in [3.8, 4) is 11.3 Å². The summed E-state index contributed by atoms with van der Waals surface area (Å²) in [4.78, 5) is 14.2. The number of hydrogen-bond acceptors (Lipinski definition) is 5. The number of rotatable bonds is 10. The average molecular weight is 456 g/mol. The molecule has 0 fully saturated rings. The number of nitrogens with zero attached hydrogens (tertiary/aromatic N) is 2. The molecule has 0 aliphatic carbocycles. The molecule has 1 N–H and O–H groups in total. The highest BCUT2D eigenvalue weighted by atomic mass is 32.2. The Hall–Kier alpha value is -2.97. The summed E-state index contributed by atoms with van der Waals surface area (Å²) in [6.45, 7) is 4.28. The molecule has 0 bridgehead atoms. The van der Waals surface area contributed by atoms with E-state index in [0.29, 0.717) is 18.5 Å². The molecule has 32 heavy (non-hydrogen) atoms. The lowest BCUT2D eigenvalue weighted by Gasteiger charge is -2.17. The summed E-state index contributed by atoms with van der Waals surface area (Å²) in [5.41, 5.74) is 3.47. The maximum atomic E-state index is 12.5. The highest BCUT2D eigenvalue weighted by molar-refractivity contribution is 7.89. The van der Waals surface area contributed by atoms with Crippen LogP contribution in [0.25, 0.3) is 11.3 Å². The lowest BCUT2D eigenvalue weighted by molar-refractivity contribution is -0.129. The number of amides is 1. The third-order valence-corrected chi connectivity index (χ3v) is 6.84. The van der Waals surface area contributed by atoms with E-state index in [4.69, 9.17) is 4.52 Å². The molecule has 1 heterocycles. The Kier molecular flexibility index (Phi) is 7.82. The molecule has 0 atom stereocenters. The van der Waals surface area contributed by atoms with Gasteiger partial charge in [-0.3, -0.25) is 4.79 Å². The smallest absolute Gasteiger partial charge is 0.240 e. The topological polar surface area (TPSA) is 92.5 Å². The van der Waals surface area contributed by atoms with E-state index in [0.717, 1.165) is 29.0 Å². The van der Waals surface area contributed by atoms with E-state index >= 15 is 0 Å². The van der Waals surface area contributed by atoms with Gasteiger partial charge in [0.15, 0.2) is 0 Å². The summed E-state index contributed by atoms with van der Waals surface area (Å²) in [6.07, 6.45) is 1.48. The molecular weight excluding hydrogens is 426 g/mol. The molecule has 1 aromatic heterocycles. The van der Waals surface area contributed by atoms with Gasteiger partial charge in [-0.15, -0.1) is 0 Å². The Balaban J connectivity index is 1.42. The van der Waals surface area contributed by atoms with Crippen LogP contribution in [-0.4, -0.2) is 44.5 Å². The SMILES string of the molecule is Cc1ccc(S(=O)(=O)NCCC(=O)N(C)CCCc2cc(-c3ccccc3)no2)c(C)c1. The van der Waals surface area contributed by atoms with Gasteiger partial charge in [0.1, 0.15) is 11.5 Å². The Bertz CT molecular complexity index is 1160. The van der Waals surface area contributed by atoms with Crippen LogP contribution in [0.2, 0.25) is 0 Å². The quantitative estimate of drug-likeness (QED) is 0.503. The molecule has 0 aliphatic rings. The highest BCUT2D eigenvalue weighted by Crippen LogP contribution is 2.19. The van der Waals surface area contributed by atoms with Crippen LogP contribution >= 0.6 is 0 Å². The van der Waals surface area contributed by atoms with Crippen LogP contribution in [0.1, 0.15) is 29.7 Å². The van der Waals surface area contributed by atoms with Crippen LogP contribution in [0.4, 0.5) is 0 Å². The van der Waals surface area contributed by atoms with Crippen LogP contribution in [0.5, 0.6) is 0 Å². The number of hydrogen-bond donors (Lipinski definition) is 1. The minimum atomic E-state index is -3.64. The molecule has 0 saturated carbocycles. The first-order valence-electron chi connectivity index (χ1n) is 10.6. The largest absolute Gasteiger partial charge is 0.361 e. The number of benzene rings is 2. The molecule has 170 valence electrons. The van der Waals surface area contributed by atoms with Gasteiger partial charge in [-0.05, 0) is 31.9 Å². The fourth-order valence-electron chi connectivity index (χ4n) is 3.45. The fourth-order valence-corrected chi connectivity index (χ4v) is 4.71. The van der Waals surface area contributed by atoms with Gasteiger partial charge in [0.25, 0.3) is 0 Å². The molecule has 0 aliphatic heterocycles. The first-order chi connectivity index (χ1) is 15.3. The number of sulfonamides is 1. The third kappa shape index (κ3) is 6.27. The van der Waals surface area contributed by atoms with E-state index in [1.807, 2.05) is 49.4 Å². The standard InChI is InChI=1S/C24H29N3O4S/c1-18-11-12-23(19(2)16-18)32(29,30)25-14-13-24(28)27(3)15-7-10-21-17-22(26-31-21)20-8-5-4-6-9-20/h4-6,8-9,11-12,16-17,25H,7,10,13-15H2,1-3H3.